The zero-order chi connectivity index (χ0) is 19.2. The van der Waals surface area contributed by atoms with Crippen LogP contribution in [0.15, 0.2) is 55.1 Å². The number of benzene rings is 2. The molecule has 0 fully saturated rings. The zero-order valence-electron chi connectivity index (χ0n) is 15.0. The molecule has 0 atom stereocenters. The first kappa shape index (κ1) is 18.3. The van der Waals surface area contributed by atoms with Crippen molar-refractivity contribution in [3.8, 4) is 5.69 Å². The van der Waals surface area contributed by atoms with Crippen LogP contribution in [0.5, 0.6) is 0 Å². The van der Waals surface area contributed by atoms with Crippen LogP contribution in [0.1, 0.15) is 18.4 Å². The molecule has 1 N–H and O–H groups in total. The molecule has 3 rings (SSSR count). The molecule has 0 aliphatic heterocycles. The van der Waals surface area contributed by atoms with Crippen LogP contribution in [0.25, 0.3) is 16.7 Å². The highest BCUT2D eigenvalue weighted by Gasteiger charge is 2.12. The summed E-state index contributed by atoms with van der Waals surface area (Å²) in [4.78, 5) is 24.8. The number of nitrogens with one attached hydrogen (secondary N) is 1. The van der Waals surface area contributed by atoms with Gasteiger partial charge in [0.2, 0.25) is 5.91 Å². The second kappa shape index (κ2) is 8.27. The normalized spacial score (nSPS) is 10.6. The summed E-state index contributed by atoms with van der Waals surface area (Å²) in [5.74, 6) is -0.667. The van der Waals surface area contributed by atoms with E-state index in [4.69, 9.17) is 4.74 Å². The Morgan fingerprint density at radius 3 is 2.56 bits per heavy atom. The molecule has 7 nitrogen and oxygen atoms in total. The average molecular weight is 364 g/mol. The van der Waals surface area contributed by atoms with Crippen molar-refractivity contribution in [1.82, 2.24) is 15.0 Å². The molecule has 1 heterocycles. The Morgan fingerprint density at radius 2 is 1.89 bits per heavy atom. The van der Waals surface area contributed by atoms with E-state index in [1.807, 2.05) is 49.4 Å². The molecule has 2 aromatic carbocycles. The first-order chi connectivity index (χ1) is 13.1. The van der Waals surface area contributed by atoms with Gasteiger partial charge in [-0.25, -0.2) is 4.79 Å². The zero-order valence-corrected chi connectivity index (χ0v) is 15.0. The van der Waals surface area contributed by atoms with E-state index in [1.54, 1.807) is 0 Å². The lowest BCUT2D eigenvalue weighted by atomic mass is 10.2. The van der Waals surface area contributed by atoms with Crippen LogP contribution in [0, 0.1) is 6.92 Å². The molecule has 1 amide bonds. The second-order valence-electron chi connectivity index (χ2n) is 6.02. The summed E-state index contributed by atoms with van der Waals surface area (Å²) >= 11 is 0. The van der Waals surface area contributed by atoms with Gasteiger partial charge in [0.15, 0.2) is 0 Å². The number of carbonyl (C=O) groups is 2. The number of rotatable bonds is 7. The van der Waals surface area contributed by atoms with Crippen LogP contribution < -0.4 is 5.32 Å². The Kier molecular flexibility index (Phi) is 5.61. The quantitative estimate of drug-likeness (QED) is 0.395. The Morgan fingerprint density at radius 1 is 1.19 bits per heavy atom. The molecular formula is C20H20N4O3. The number of esters is 1. The number of anilines is 1. The van der Waals surface area contributed by atoms with E-state index >= 15 is 0 Å². The number of aryl methyl sites for hydroxylation is 1. The highest BCUT2D eigenvalue weighted by Crippen LogP contribution is 2.22. The molecule has 0 saturated carbocycles. The van der Waals surface area contributed by atoms with Crippen molar-refractivity contribution in [1.29, 1.82) is 0 Å². The van der Waals surface area contributed by atoms with Crippen LogP contribution in [0.3, 0.4) is 0 Å². The van der Waals surface area contributed by atoms with Gasteiger partial charge in [-0.2, -0.15) is 0 Å². The third-order valence-corrected chi connectivity index (χ3v) is 3.89. The van der Waals surface area contributed by atoms with Crippen LogP contribution >= 0.6 is 0 Å². The first-order valence-corrected chi connectivity index (χ1v) is 8.59. The van der Waals surface area contributed by atoms with Gasteiger partial charge < -0.3 is 10.1 Å². The van der Waals surface area contributed by atoms with Gasteiger partial charge in [0.1, 0.15) is 16.7 Å². The number of ether oxygens (including phenoxy) is 1. The van der Waals surface area contributed by atoms with E-state index < -0.39 is 5.97 Å². The van der Waals surface area contributed by atoms with Gasteiger partial charge in [0, 0.05) is 12.5 Å². The summed E-state index contributed by atoms with van der Waals surface area (Å²) in [5, 5.41) is 11.8. The summed E-state index contributed by atoms with van der Waals surface area (Å²) in [5.41, 5.74) is 3.90. The summed E-state index contributed by atoms with van der Waals surface area (Å²) in [6.45, 7) is 5.46. The molecule has 0 bridgehead atoms. The van der Waals surface area contributed by atoms with Gasteiger partial charge in [-0.3, -0.25) is 4.79 Å². The fraction of sp³-hybridized carbons (Fsp3) is 0.200. The standard InChI is InChI=1S/C20H20N4O3/c1-3-20(26)27-12-6-9-19(25)21-17-11-10-14(2)13-18(17)24-22-15-7-4-5-8-16(15)23-24/h3-5,7-8,10-11,13H,1,6,9,12H2,2H3,(H,21,25). The minimum atomic E-state index is -0.493. The first-order valence-electron chi connectivity index (χ1n) is 8.59. The summed E-state index contributed by atoms with van der Waals surface area (Å²) in [6.07, 6.45) is 1.75. The highest BCUT2D eigenvalue weighted by molar-refractivity contribution is 5.93. The monoisotopic (exact) mass is 364 g/mol. The molecule has 0 saturated heterocycles. The number of fused-ring (bicyclic) bond motifs is 1. The molecule has 27 heavy (non-hydrogen) atoms. The molecule has 0 aliphatic carbocycles. The smallest absolute Gasteiger partial charge is 0.330 e. The van der Waals surface area contributed by atoms with Gasteiger partial charge in [0.05, 0.1) is 12.3 Å². The molecule has 0 aliphatic rings. The molecule has 7 heteroatoms. The van der Waals surface area contributed by atoms with Crippen molar-refractivity contribution in [2.75, 3.05) is 11.9 Å². The predicted octanol–water partition coefficient (Wildman–Crippen LogP) is 3.18. The SMILES string of the molecule is C=CC(=O)OCCCC(=O)Nc1ccc(C)cc1-n1nc2ccccc2n1. The molecule has 138 valence electrons. The molecule has 3 aromatic rings. The van der Waals surface area contributed by atoms with Crippen molar-refractivity contribution in [3.63, 3.8) is 0 Å². The summed E-state index contributed by atoms with van der Waals surface area (Å²) < 4.78 is 4.87. The number of carbonyl (C=O) groups excluding carboxylic acids is 2. The Balaban J connectivity index is 1.73. The van der Waals surface area contributed by atoms with Crippen LogP contribution in [0.2, 0.25) is 0 Å². The van der Waals surface area contributed by atoms with Gasteiger partial charge >= 0.3 is 5.97 Å². The van der Waals surface area contributed by atoms with Gasteiger partial charge in [-0.05, 0) is 43.2 Å². The number of hydrogen-bond donors (Lipinski definition) is 1. The fourth-order valence-electron chi connectivity index (χ4n) is 2.56. The predicted molar refractivity (Wildman–Crippen MR) is 103 cm³/mol. The molecular weight excluding hydrogens is 344 g/mol. The highest BCUT2D eigenvalue weighted by atomic mass is 16.5. The number of hydrogen-bond acceptors (Lipinski definition) is 5. The van der Waals surface area contributed by atoms with E-state index in [0.29, 0.717) is 17.8 Å². The van der Waals surface area contributed by atoms with Gasteiger partial charge in [0.25, 0.3) is 0 Å². The maximum Gasteiger partial charge on any atom is 0.330 e. The van der Waals surface area contributed by atoms with E-state index in [1.165, 1.54) is 4.80 Å². The lowest BCUT2D eigenvalue weighted by Gasteiger charge is -2.11. The lowest BCUT2D eigenvalue weighted by molar-refractivity contribution is -0.138. The van der Waals surface area contributed by atoms with E-state index in [2.05, 4.69) is 22.1 Å². The van der Waals surface area contributed by atoms with Crippen molar-refractivity contribution in [3.05, 3.63) is 60.7 Å². The topological polar surface area (TPSA) is 86.1 Å². The number of aromatic nitrogens is 3. The largest absolute Gasteiger partial charge is 0.463 e. The van der Waals surface area contributed by atoms with Gasteiger partial charge in [-0.15, -0.1) is 15.0 Å². The Hall–Kier alpha value is -3.48. The summed E-state index contributed by atoms with van der Waals surface area (Å²) in [7, 11) is 0. The van der Waals surface area contributed by atoms with E-state index in [9.17, 15) is 9.59 Å². The summed E-state index contributed by atoms with van der Waals surface area (Å²) in [6, 6.07) is 13.2. The van der Waals surface area contributed by atoms with Crippen molar-refractivity contribution < 1.29 is 14.3 Å². The molecule has 0 unspecified atom stereocenters. The van der Waals surface area contributed by atoms with Crippen LogP contribution in [0.4, 0.5) is 5.69 Å². The van der Waals surface area contributed by atoms with E-state index in [-0.39, 0.29) is 18.9 Å². The lowest BCUT2D eigenvalue weighted by Crippen LogP contribution is -2.15. The average Bonchev–Trinajstić information content (AvgIpc) is 3.10. The molecule has 0 spiro atoms. The minimum Gasteiger partial charge on any atom is -0.463 e. The van der Waals surface area contributed by atoms with Crippen molar-refractivity contribution in [2.45, 2.75) is 19.8 Å². The molecule has 1 aromatic heterocycles. The fourth-order valence-corrected chi connectivity index (χ4v) is 2.56. The second-order valence-corrected chi connectivity index (χ2v) is 6.02. The maximum absolute atomic E-state index is 12.2. The third-order valence-electron chi connectivity index (χ3n) is 3.89. The van der Waals surface area contributed by atoms with Crippen LogP contribution in [-0.4, -0.2) is 33.5 Å². The number of nitrogens with zero attached hydrogens (tertiary/aromatic N) is 3. The van der Waals surface area contributed by atoms with Gasteiger partial charge in [-0.1, -0.05) is 24.8 Å². The Labute approximate surface area is 156 Å². The minimum absolute atomic E-state index is 0.172. The van der Waals surface area contributed by atoms with Crippen molar-refractivity contribution in [2.24, 2.45) is 0 Å². The third kappa shape index (κ3) is 4.58. The number of amides is 1. The molecule has 0 radical (unpaired) electrons. The Bertz CT molecular complexity index is 961. The maximum atomic E-state index is 12.2. The van der Waals surface area contributed by atoms with Crippen molar-refractivity contribution >= 4 is 28.6 Å². The van der Waals surface area contributed by atoms with E-state index in [0.717, 1.165) is 22.7 Å². The van der Waals surface area contributed by atoms with Crippen LogP contribution in [-0.2, 0) is 14.3 Å².